The highest BCUT2D eigenvalue weighted by molar-refractivity contribution is 9.10. The highest BCUT2D eigenvalue weighted by atomic mass is 79.9. The van der Waals surface area contributed by atoms with Gasteiger partial charge in [-0.1, -0.05) is 6.07 Å². The summed E-state index contributed by atoms with van der Waals surface area (Å²) < 4.78 is 0.638. The molecule has 0 radical (unpaired) electrons. The highest BCUT2D eigenvalue weighted by Crippen LogP contribution is 2.49. The smallest absolute Gasteiger partial charge is 0.338 e. The molecule has 0 aliphatic heterocycles. The SMILES string of the molecule is O=C(O)c1c(Br)cccc1NCC(C1CC1)C1CC1. The second-order valence-corrected chi connectivity index (χ2v) is 6.54. The Hall–Kier alpha value is -1.03. The molecule has 0 bridgehead atoms. The van der Waals surface area contributed by atoms with Crippen molar-refractivity contribution in [1.29, 1.82) is 0 Å². The van der Waals surface area contributed by atoms with Crippen molar-refractivity contribution in [3.05, 3.63) is 28.2 Å². The lowest BCUT2D eigenvalue weighted by Crippen LogP contribution is -2.19. The number of rotatable bonds is 6. The maximum atomic E-state index is 11.3. The summed E-state index contributed by atoms with van der Waals surface area (Å²) in [5.41, 5.74) is 1.07. The van der Waals surface area contributed by atoms with Gasteiger partial charge in [0.05, 0.1) is 5.56 Å². The van der Waals surface area contributed by atoms with E-state index in [1.54, 1.807) is 6.07 Å². The van der Waals surface area contributed by atoms with Gasteiger partial charge in [0.1, 0.15) is 0 Å². The molecule has 3 rings (SSSR count). The second kappa shape index (κ2) is 5.16. The zero-order valence-corrected chi connectivity index (χ0v) is 12.3. The van der Waals surface area contributed by atoms with E-state index in [4.69, 9.17) is 0 Å². The van der Waals surface area contributed by atoms with Crippen molar-refractivity contribution >= 4 is 27.6 Å². The van der Waals surface area contributed by atoms with Gasteiger partial charge in [0.15, 0.2) is 0 Å². The Kier molecular flexibility index (Phi) is 3.52. The van der Waals surface area contributed by atoms with Gasteiger partial charge < -0.3 is 10.4 Å². The van der Waals surface area contributed by atoms with E-state index in [9.17, 15) is 9.90 Å². The van der Waals surface area contributed by atoms with Crippen LogP contribution in [0.3, 0.4) is 0 Å². The van der Waals surface area contributed by atoms with Gasteiger partial charge >= 0.3 is 5.97 Å². The molecule has 102 valence electrons. The third kappa shape index (κ3) is 2.94. The fourth-order valence-electron chi connectivity index (χ4n) is 2.88. The molecule has 2 aliphatic rings. The van der Waals surface area contributed by atoms with Crippen LogP contribution in [0.2, 0.25) is 0 Å². The fraction of sp³-hybridized carbons (Fsp3) is 0.533. The van der Waals surface area contributed by atoms with Crippen LogP contribution in [0.15, 0.2) is 22.7 Å². The summed E-state index contributed by atoms with van der Waals surface area (Å²) in [5.74, 6) is 1.60. The molecule has 0 atom stereocenters. The molecule has 0 unspecified atom stereocenters. The number of anilines is 1. The fourth-order valence-corrected chi connectivity index (χ4v) is 3.42. The molecule has 4 heteroatoms. The molecule has 2 saturated carbocycles. The van der Waals surface area contributed by atoms with Crippen molar-refractivity contribution in [3.63, 3.8) is 0 Å². The number of carbonyl (C=O) groups is 1. The third-order valence-corrected chi connectivity index (χ3v) is 4.87. The minimum atomic E-state index is -0.885. The Bertz CT molecular complexity index is 483. The molecule has 0 amide bonds. The Balaban J connectivity index is 1.72. The van der Waals surface area contributed by atoms with Crippen molar-refractivity contribution in [3.8, 4) is 0 Å². The largest absolute Gasteiger partial charge is 0.478 e. The summed E-state index contributed by atoms with van der Waals surface area (Å²) in [6, 6.07) is 5.50. The number of carboxylic acids is 1. The van der Waals surface area contributed by atoms with E-state index >= 15 is 0 Å². The Morgan fingerprint density at radius 2 is 1.95 bits per heavy atom. The first-order valence-electron chi connectivity index (χ1n) is 6.92. The first-order valence-corrected chi connectivity index (χ1v) is 7.72. The van der Waals surface area contributed by atoms with Crippen LogP contribution >= 0.6 is 15.9 Å². The molecule has 1 aromatic carbocycles. The minimum Gasteiger partial charge on any atom is -0.478 e. The standard InChI is InChI=1S/C15H18BrNO2/c16-12-2-1-3-13(14(12)15(18)19)17-8-11(9-4-5-9)10-6-7-10/h1-3,9-11,17H,4-8H2,(H,18,19). The van der Waals surface area contributed by atoms with Crippen molar-refractivity contribution < 1.29 is 9.90 Å². The van der Waals surface area contributed by atoms with Gasteiger partial charge in [-0.2, -0.15) is 0 Å². The monoisotopic (exact) mass is 323 g/mol. The molecule has 3 nitrogen and oxygen atoms in total. The van der Waals surface area contributed by atoms with Crippen LogP contribution in [-0.2, 0) is 0 Å². The van der Waals surface area contributed by atoms with Crippen LogP contribution in [0.25, 0.3) is 0 Å². The van der Waals surface area contributed by atoms with Gasteiger partial charge in [-0.15, -0.1) is 0 Å². The average molecular weight is 324 g/mol. The molecule has 0 spiro atoms. The van der Waals surface area contributed by atoms with Crippen LogP contribution < -0.4 is 5.32 Å². The highest BCUT2D eigenvalue weighted by Gasteiger charge is 2.41. The molecule has 2 aliphatic carbocycles. The Morgan fingerprint density at radius 3 is 2.47 bits per heavy atom. The Morgan fingerprint density at radius 1 is 1.32 bits per heavy atom. The quantitative estimate of drug-likeness (QED) is 0.832. The predicted octanol–water partition coefficient (Wildman–Crippen LogP) is 4.00. The van der Waals surface area contributed by atoms with E-state index in [0.29, 0.717) is 10.0 Å². The average Bonchev–Trinajstić information content (AvgIpc) is 3.23. The first kappa shape index (κ1) is 13.0. The van der Waals surface area contributed by atoms with Crippen LogP contribution in [-0.4, -0.2) is 17.6 Å². The van der Waals surface area contributed by atoms with E-state index < -0.39 is 5.97 Å². The summed E-state index contributed by atoms with van der Waals surface area (Å²) in [6.07, 6.45) is 5.42. The first-order chi connectivity index (χ1) is 9.16. The number of hydrogen-bond donors (Lipinski definition) is 2. The lowest BCUT2D eigenvalue weighted by Gasteiger charge is -2.18. The van der Waals surface area contributed by atoms with Crippen LogP contribution in [0.4, 0.5) is 5.69 Å². The van der Waals surface area contributed by atoms with E-state index in [1.165, 1.54) is 25.7 Å². The van der Waals surface area contributed by atoms with E-state index in [-0.39, 0.29) is 0 Å². The van der Waals surface area contributed by atoms with Crippen LogP contribution in [0.1, 0.15) is 36.0 Å². The molecule has 2 fully saturated rings. The number of carboxylic acid groups (broad SMARTS) is 1. The van der Waals surface area contributed by atoms with Gasteiger partial charge in [0.2, 0.25) is 0 Å². The molecule has 0 heterocycles. The zero-order chi connectivity index (χ0) is 13.4. The molecule has 0 saturated heterocycles. The maximum Gasteiger partial charge on any atom is 0.338 e. The van der Waals surface area contributed by atoms with E-state index in [0.717, 1.165) is 30.0 Å². The van der Waals surface area contributed by atoms with Gasteiger partial charge in [0, 0.05) is 16.7 Å². The normalized spacial score (nSPS) is 18.6. The van der Waals surface area contributed by atoms with Crippen LogP contribution in [0.5, 0.6) is 0 Å². The molecular formula is C15H18BrNO2. The number of hydrogen-bond acceptors (Lipinski definition) is 2. The topological polar surface area (TPSA) is 49.3 Å². The molecular weight excluding hydrogens is 306 g/mol. The van der Waals surface area contributed by atoms with Crippen molar-refractivity contribution in [2.75, 3.05) is 11.9 Å². The maximum absolute atomic E-state index is 11.3. The Labute approximate surface area is 121 Å². The predicted molar refractivity (Wildman–Crippen MR) is 78.5 cm³/mol. The second-order valence-electron chi connectivity index (χ2n) is 5.69. The number of halogens is 1. The van der Waals surface area contributed by atoms with Crippen molar-refractivity contribution in [1.82, 2.24) is 0 Å². The lowest BCUT2D eigenvalue weighted by atomic mass is 9.97. The van der Waals surface area contributed by atoms with Gasteiger partial charge in [-0.25, -0.2) is 4.79 Å². The number of nitrogens with one attached hydrogen (secondary N) is 1. The van der Waals surface area contributed by atoms with Gasteiger partial charge in [-0.05, 0) is 71.5 Å². The molecule has 0 aromatic heterocycles. The lowest BCUT2D eigenvalue weighted by molar-refractivity contribution is 0.0697. The molecule has 1 aromatic rings. The summed E-state index contributed by atoms with van der Waals surface area (Å²) in [7, 11) is 0. The summed E-state index contributed by atoms with van der Waals surface area (Å²) in [4.78, 5) is 11.3. The van der Waals surface area contributed by atoms with Crippen molar-refractivity contribution in [2.24, 2.45) is 17.8 Å². The number of benzene rings is 1. The van der Waals surface area contributed by atoms with Crippen LogP contribution in [0, 0.1) is 17.8 Å². The summed E-state index contributed by atoms with van der Waals surface area (Å²) >= 11 is 3.32. The van der Waals surface area contributed by atoms with E-state index in [2.05, 4.69) is 21.2 Å². The third-order valence-electron chi connectivity index (χ3n) is 4.21. The zero-order valence-electron chi connectivity index (χ0n) is 10.7. The molecule has 2 N–H and O–H groups in total. The minimum absolute atomic E-state index is 0.341. The summed E-state index contributed by atoms with van der Waals surface area (Å²) in [6.45, 7) is 0.909. The van der Waals surface area contributed by atoms with Gasteiger partial charge in [0.25, 0.3) is 0 Å². The molecule has 19 heavy (non-hydrogen) atoms. The van der Waals surface area contributed by atoms with Crippen molar-refractivity contribution in [2.45, 2.75) is 25.7 Å². The van der Waals surface area contributed by atoms with Gasteiger partial charge in [-0.3, -0.25) is 0 Å². The summed E-state index contributed by atoms with van der Waals surface area (Å²) in [5, 5.41) is 12.7. The number of aromatic carboxylic acids is 1. The van der Waals surface area contributed by atoms with E-state index in [1.807, 2.05) is 12.1 Å².